The summed E-state index contributed by atoms with van der Waals surface area (Å²) in [4.78, 5) is 2.73. The van der Waals surface area contributed by atoms with Gasteiger partial charge in [0.15, 0.2) is 5.03 Å². The fourth-order valence-corrected chi connectivity index (χ4v) is 1.59. The molecule has 1 aromatic heterocycles. The second-order valence-corrected chi connectivity index (χ2v) is 3.50. The number of hydrogen-bond acceptors (Lipinski definition) is 5. The van der Waals surface area contributed by atoms with Crippen LogP contribution in [0.2, 0.25) is 0 Å². The molecule has 15 heavy (non-hydrogen) atoms. The molecule has 0 fully saturated rings. The van der Waals surface area contributed by atoms with Crippen LogP contribution in [0.4, 0.5) is 5.82 Å². The largest absolute Gasteiger partial charge is 0.289 e. The molecule has 0 bridgehead atoms. The standard InChI is InChI=1S/C9H5N5S/c10-1-2-15-9-7(5-12)3-6(4-11)8(13)14-9/h3H,2H2,(H2,13,14)/p+1. The van der Waals surface area contributed by atoms with Gasteiger partial charge in [-0.1, -0.05) is 11.8 Å². The van der Waals surface area contributed by atoms with Crippen molar-refractivity contribution in [2.45, 2.75) is 5.03 Å². The lowest BCUT2D eigenvalue weighted by Gasteiger charge is -1.98. The minimum Gasteiger partial charge on any atom is -0.286 e. The van der Waals surface area contributed by atoms with Crippen LogP contribution in [0.25, 0.3) is 0 Å². The third-order valence-corrected chi connectivity index (χ3v) is 2.48. The Morgan fingerprint density at radius 2 is 1.93 bits per heavy atom. The van der Waals surface area contributed by atoms with Crippen LogP contribution in [0.1, 0.15) is 11.1 Å². The van der Waals surface area contributed by atoms with Crippen molar-refractivity contribution < 1.29 is 4.98 Å². The third-order valence-electron chi connectivity index (χ3n) is 1.59. The van der Waals surface area contributed by atoms with Gasteiger partial charge in [0.25, 0.3) is 5.82 Å². The SMILES string of the molecule is N#CCSc1[nH+]c(N)c(C#N)cc1C#N. The zero-order chi connectivity index (χ0) is 11.3. The van der Waals surface area contributed by atoms with Crippen molar-refractivity contribution in [3.05, 3.63) is 17.2 Å². The van der Waals surface area contributed by atoms with Gasteiger partial charge in [0.2, 0.25) is 0 Å². The van der Waals surface area contributed by atoms with Crippen LogP contribution in [0.3, 0.4) is 0 Å². The van der Waals surface area contributed by atoms with Crippen molar-refractivity contribution in [3.63, 3.8) is 0 Å². The average molecular weight is 216 g/mol. The number of nitrogens with two attached hydrogens (primary N) is 1. The van der Waals surface area contributed by atoms with E-state index in [-0.39, 0.29) is 17.1 Å². The molecule has 6 heteroatoms. The monoisotopic (exact) mass is 216 g/mol. The summed E-state index contributed by atoms with van der Waals surface area (Å²) >= 11 is 1.18. The van der Waals surface area contributed by atoms with Crippen molar-refractivity contribution in [2.24, 2.45) is 0 Å². The van der Waals surface area contributed by atoms with E-state index in [0.29, 0.717) is 10.6 Å². The number of aromatic nitrogens is 1. The zero-order valence-corrected chi connectivity index (χ0v) is 8.43. The summed E-state index contributed by atoms with van der Waals surface area (Å²) in [7, 11) is 0. The van der Waals surface area contributed by atoms with E-state index >= 15 is 0 Å². The molecule has 1 aromatic rings. The summed E-state index contributed by atoms with van der Waals surface area (Å²) in [6, 6.07) is 7.16. The van der Waals surface area contributed by atoms with Crippen molar-refractivity contribution in [2.75, 3.05) is 11.5 Å². The Labute approximate surface area is 90.8 Å². The molecule has 3 N–H and O–H groups in total. The van der Waals surface area contributed by atoms with Gasteiger partial charge in [0.05, 0.1) is 11.8 Å². The molecule has 0 radical (unpaired) electrons. The van der Waals surface area contributed by atoms with E-state index in [1.165, 1.54) is 17.8 Å². The van der Waals surface area contributed by atoms with E-state index in [0.717, 1.165) is 0 Å². The second-order valence-electron chi connectivity index (χ2n) is 2.51. The van der Waals surface area contributed by atoms with Crippen LogP contribution in [0.15, 0.2) is 11.1 Å². The number of hydrogen-bond donors (Lipinski definition) is 1. The van der Waals surface area contributed by atoms with Gasteiger partial charge in [-0.05, 0) is 6.07 Å². The van der Waals surface area contributed by atoms with E-state index in [1.54, 1.807) is 0 Å². The number of rotatable bonds is 2. The fraction of sp³-hybridized carbons (Fsp3) is 0.111. The van der Waals surface area contributed by atoms with Gasteiger partial charge in [0.1, 0.15) is 23.3 Å². The van der Waals surface area contributed by atoms with Gasteiger partial charge in [-0.15, -0.1) is 0 Å². The van der Waals surface area contributed by atoms with Gasteiger partial charge >= 0.3 is 0 Å². The smallest absolute Gasteiger partial charge is 0.286 e. The van der Waals surface area contributed by atoms with Crippen LogP contribution in [0, 0.1) is 34.0 Å². The molecule has 0 saturated carbocycles. The molecular weight excluding hydrogens is 210 g/mol. The quantitative estimate of drug-likeness (QED) is 0.721. The first-order chi connectivity index (χ1) is 7.22. The van der Waals surface area contributed by atoms with Gasteiger partial charge in [-0.25, -0.2) is 4.98 Å². The summed E-state index contributed by atoms with van der Waals surface area (Å²) in [6.07, 6.45) is 0. The highest BCUT2D eigenvalue weighted by Crippen LogP contribution is 2.19. The Kier molecular flexibility index (Phi) is 3.51. The lowest BCUT2D eigenvalue weighted by molar-refractivity contribution is -0.410. The first kappa shape index (κ1) is 10.8. The number of H-pyrrole nitrogens is 1. The van der Waals surface area contributed by atoms with E-state index in [2.05, 4.69) is 4.98 Å². The molecule has 0 aliphatic heterocycles. The van der Waals surface area contributed by atoms with E-state index in [1.807, 2.05) is 18.2 Å². The fourth-order valence-electron chi connectivity index (χ4n) is 0.938. The number of aromatic amines is 1. The normalized spacial score (nSPS) is 8.60. The van der Waals surface area contributed by atoms with E-state index in [9.17, 15) is 0 Å². The van der Waals surface area contributed by atoms with Crippen LogP contribution < -0.4 is 10.7 Å². The topological polar surface area (TPSA) is 112 Å². The Balaban J connectivity index is 3.20. The van der Waals surface area contributed by atoms with Crippen molar-refractivity contribution >= 4 is 17.6 Å². The van der Waals surface area contributed by atoms with Gasteiger partial charge in [-0.3, -0.25) is 5.73 Å². The minimum absolute atomic E-state index is 0.205. The Bertz CT molecular complexity index is 503. The van der Waals surface area contributed by atoms with Crippen molar-refractivity contribution in [1.29, 1.82) is 15.8 Å². The molecule has 0 atom stereocenters. The molecule has 0 aliphatic rings. The highest BCUT2D eigenvalue weighted by Gasteiger charge is 2.13. The number of nitrogens with one attached hydrogen (secondary N) is 1. The molecule has 0 aliphatic carbocycles. The van der Waals surface area contributed by atoms with E-state index < -0.39 is 0 Å². The summed E-state index contributed by atoms with van der Waals surface area (Å²) in [5.41, 5.74) is 6.09. The zero-order valence-electron chi connectivity index (χ0n) is 7.61. The molecule has 0 saturated heterocycles. The molecule has 1 heterocycles. The molecule has 0 amide bonds. The number of pyridine rings is 1. The number of nitrogens with zero attached hydrogens (tertiary/aromatic N) is 3. The maximum atomic E-state index is 8.81. The number of nitrogen functional groups attached to an aromatic ring is 1. The van der Waals surface area contributed by atoms with Crippen LogP contribution in [-0.2, 0) is 0 Å². The summed E-state index contributed by atoms with van der Waals surface area (Å²) in [5.74, 6) is 0.424. The highest BCUT2D eigenvalue weighted by molar-refractivity contribution is 7.99. The maximum absolute atomic E-state index is 8.81. The van der Waals surface area contributed by atoms with Crippen molar-refractivity contribution in [3.8, 4) is 18.2 Å². The summed E-state index contributed by atoms with van der Waals surface area (Å²) in [6.45, 7) is 0. The Morgan fingerprint density at radius 1 is 1.27 bits per heavy atom. The van der Waals surface area contributed by atoms with Gasteiger partial charge < -0.3 is 0 Å². The summed E-state index contributed by atoms with van der Waals surface area (Å²) < 4.78 is 0. The molecule has 1 rings (SSSR count). The third kappa shape index (κ3) is 2.37. The minimum atomic E-state index is 0.205. The predicted molar refractivity (Wildman–Crippen MR) is 53.2 cm³/mol. The van der Waals surface area contributed by atoms with Crippen LogP contribution in [-0.4, -0.2) is 5.75 Å². The predicted octanol–water partition coefficient (Wildman–Crippen LogP) is 0.442. The van der Waals surface area contributed by atoms with E-state index in [4.69, 9.17) is 21.5 Å². The van der Waals surface area contributed by atoms with Gasteiger partial charge in [0, 0.05) is 0 Å². The lowest BCUT2D eigenvalue weighted by Crippen LogP contribution is -2.16. The van der Waals surface area contributed by atoms with Gasteiger partial charge in [-0.2, -0.15) is 15.8 Å². The molecule has 0 aromatic carbocycles. The lowest BCUT2D eigenvalue weighted by atomic mass is 10.2. The summed E-state index contributed by atoms with van der Waals surface area (Å²) in [5, 5.41) is 26.4. The highest BCUT2D eigenvalue weighted by atomic mass is 32.2. The number of thioether (sulfide) groups is 1. The Hall–Kier alpha value is -2.23. The molecule has 5 nitrogen and oxygen atoms in total. The maximum Gasteiger partial charge on any atom is 0.289 e. The number of anilines is 1. The van der Waals surface area contributed by atoms with Crippen LogP contribution >= 0.6 is 11.8 Å². The molecular formula is C9H6N5S+. The average Bonchev–Trinajstić information content (AvgIpc) is 2.26. The van der Waals surface area contributed by atoms with Crippen molar-refractivity contribution in [1.82, 2.24) is 0 Å². The first-order valence-corrected chi connectivity index (χ1v) is 4.87. The number of nitriles is 3. The first-order valence-electron chi connectivity index (χ1n) is 3.88. The molecule has 72 valence electrons. The second kappa shape index (κ2) is 4.85. The Morgan fingerprint density at radius 3 is 2.47 bits per heavy atom. The molecule has 0 spiro atoms. The van der Waals surface area contributed by atoms with Crippen LogP contribution in [0.5, 0.6) is 0 Å². The molecule has 0 unspecified atom stereocenters.